The number of para-hydroxylation sites is 1. The molecule has 0 radical (unpaired) electrons. The topological polar surface area (TPSA) is 87.3 Å². The van der Waals surface area contributed by atoms with Crippen molar-refractivity contribution in [3.63, 3.8) is 0 Å². The van der Waals surface area contributed by atoms with Crippen molar-refractivity contribution in [3.8, 4) is 0 Å². The van der Waals surface area contributed by atoms with E-state index in [0.717, 1.165) is 18.8 Å². The molecule has 1 aromatic carbocycles. The van der Waals surface area contributed by atoms with Crippen LogP contribution in [0.5, 0.6) is 0 Å². The zero-order chi connectivity index (χ0) is 17.6. The minimum absolute atomic E-state index is 0.128. The first-order valence-corrected chi connectivity index (χ1v) is 8.40. The fourth-order valence-electron chi connectivity index (χ4n) is 2.89. The standard InChI is InChI=1S/C18H22N4O3/c1-13-12-17(23)21-16(20-13)6-7-19-18(24)14-4-2-3-5-15(14)22-8-10-25-11-9-22/h2-5,12H,6-11H2,1H3,(H,19,24)(H,20,21,23). The van der Waals surface area contributed by atoms with Gasteiger partial charge in [0, 0.05) is 43.5 Å². The summed E-state index contributed by atoms with van der Waals surface area (Å²) in [5.41, 5.74) is 2.06. The monoisotopic (exact) mass is 342 g/mol. The number of aromatic amines is 1. The van der Waals surface area contributed by atoms with Crippen LogP contribution in [0.15, 0.2) is 35.1 Å². The second kappa shape index (κ2) is 7.94. The molecule has 1 amide bonds. The Balaban J connectivity index is 1.64. The maximum atomic E-state index is 12.6. The molecule has 1 aromatic heterocycles. The molecule has 0 atom stereocenters. The molecule has 0 unspecified atom stereocenters. The van der Waals surface area contributed by atoms with Crippen LogP contribution in [0.1, 0.15) is 21.9 Å². The van der Waals surface area contributed by atoms with Gasteiger partial charge in [-0.3, -0.25) is 9.59 Å². The highest BCUT2D eigenvalue weighted by Crippen LogP contribution is 2.21. The normalized spacial score (nSPS) is 14.4. The maximum Gasteiger partial charge on any atom is 0.253 e. The lowest BCUT2D eigenvalue weighted by Gasteiger charge is -2.30. The van der Waals surface area contributed by atoms with Crippen LogP contribution in [0.4, 0.5) is 5.69 Å². The largest absolute Gasteiger partial charge is 0.378 e. The number of anilines is 1. The van der Waals surface area contributed by atoms with Gasteiger partial charge in [-0.05, 0) is 19.1 Å². The van der Waals surface area contributed by atoms with Crippen molar-refractivity contribution in [1.29, 1.82) is 0 Å². The number of hydrogen-bond acceptors (Lipinski definition) is 5. The molecule has 7 nitrogen and oxygen atoms in total. The second-order valence-corrected chi connectivity index (χ2v) is 5.96. The quantitative estimate of drug-likeness (QED) is 0.842. The molecule has 0 saturated carbocycles. The predicted molar refractivity (Wildman–Crippen MR) is 95.1 cm³/mol. The Morgan fingerprint density at radius 1 is 1.32 bits per heavy atom. The summed E-state index contributed by atoms with van der Waals surface area (Å²) in [6.07, 6.45) is 0.475. The Morgan fingerprint density at radius 3 is 2.84 bits per heavy atom. The third-order valence-corrected chi connectivity index (χ3v) is 4.07. The lowest BCUT2D eigenvalue weighted by Crippen LogP contribution is -2.38. The number of nitrogens with zero attached hydrogens (tertiary/aromatic N) is 2. The van der Waals surface area contributed by atoms with Gasteiger partial charge in [-0.15, -0.1) is 0 Å². The highest BCUT2D eigenvalue weighted by Gasteiger charge is 2.18. The van der Waals surface area contributed by atoms with Crippen molar-refractivity contribution in [1.82, 2.24) is 15.3 Å². The molecular formula is C18H22N4O3. The van der Waals surface area contributed by atoms with Gasteiger partial charge >= 0.3 is 0 Å². The number of rotatable bonds is 5. The van der Waals surface area contributed by atoms with E-state index in [0.29, 0.717) is 43.3 Å². The van der Waals surface area contributed by atoms with E-state index >= 15 is 0 Å². The molecule has 25 heavy (non-hydrogen) atoms. The first-order valence-electron chi connectivity index (χ1n) is 8.40. The van der Waals surface area contributed by atoms with Crippen LogP contribution < -0.4 is 15.8 Å². The maximum absolute atomic E-state index is 12.6. The molecule has 2 N–H and O–H groups in total. The summed E-state index contributed by atoms with van der Waals surface area (Å²) in [5.74, 6) is 0.448. The van der Waals surface area contributed by atoms with Crippen LogP contribution in [-0.4, -0.2) is 48.7 Å². The van der Waals surface area contributed by atoms with Crippen molar-refractivity contribution < 1.29 is 9.53 Å². The highest BCUT2D eigenvalue weighted by molar-refractivity contribution is 5.99. The van der Waals surface area contributed by atoms with Crippen molar-refractivity contribution in [2.45, 2.75) is 13.3 Å². The highest BCUT2D eigenvalue weighted by atomic mass is 16.5. The number of H-pyrrole nitrogens is 1. The van der Waals surface area contributed by atoms with Crippen LogP contribution in [0.2, 0.25) is 0 Å². The number of carbonyl (C=O) groups is 1. The van der Waals surface area contributed by atoms with E-state index in [2.05, 4.69) is 20.2 Å². The fourth-order valence-corrected chi connectivity index (χ4v) is 2.89. The zero-order valence-electron chi connectivity index (χ0n) is 14.2. The van der Waals surface area contributed by atoms with Crippen LogP contribution in [0.3, 0.4) is 0 Å². The fraction of sp³-hybridized carbons (Fsp3) is 0.389. The van der Waals surface area contributed by atoms with Crippen LogP contribution in [0.25, 0.3) is 0 Å². The van der Waals surface area contributed by atoms with Gasteiger partial charge < -0.3 is 19.9 Å². The lowest BCUT2D eigenvalue weighted by molar-refractivity contribution is 0.0952. The van der Waals surface area contributed by atoms with Gasteiger partial charge in [-0.1, -0.05) is 12.1 Å². The molecule has 7 heteroatoms. The third kappa shape index (κ3) is 4.45. The SMILES string of the molecule is Cc1cc(=O)[nH]c(CCNC(=O)c2ccccc2N2CCOCC2)n1. The van der Waals surface area contributed by atoms with Crippen molar-refractivity contribution in [2.75, 3.05) is 37.7 Å². The van der Waals surface area contributed by atoms with Gasteiger partial charge in [-0.2, -0.15) is 0 Å². The minimum Gasteiger partial charge on any atom is -0.378 e. The first-order chi connectivity index (χ1) is 12.1. The molecule has 1 aliphatic heterocycles. The molecular weight excluding hydrogens is 320 g/mol. The third-order valence-electron chi connectivity index (χ3n) is 4.07. The Kier molecular flexibility index (Phi) is 5.45. The molecule has 0 aliphatic carbocycles. The summed E-state index contributed by atoms with van der Waals surface area (Å²) in [5, 5.41) is 2.91. The Hall–Kier alpha value is -2.67. The van der Waals surface area contributed by atoms with E-state index < -0.39 is 0 Å². The molecule has 2 heterocycles. The Bertz CT molecular complexity index is 797. The molecule has 0 bridgehead atoms. The van der Waals surface area contributed by atoms with Gasteiger partial charge in [-0.25, -0.2) is 4.98 Å². The van der Waals surface area contributed by atoms with Gasteiger partial charge in [0.1, 0.15) is 5.82 Å². The van der Waals surface area contributed by atoms with E-state index in [-0.39, 0.29) is 11.5 Å². The van der Waals surface area contributed by atoms with E-state index in [1.54, 1.807) is 6.92 Å². The van der Waals surface area contributed by atoms with Crippen LogP contribution >= 0.6 is 0 Å². The van der Waals surface area contributed by atoms with Crippen molar-refractivity contribution in [3.05, 3.63) is 57.8 Å². The first kappa shape index (κ1) is 17.2. The van der Waals surface area contributed by atoms with Gasteiger partial charge in [0.15, 0.2) is 0 Å². The van der Waals surface area contributed by atoms with E-state index in [4.69, 9.17) is 4.74 Å². The van der Waals surface area contributed by atoms with Crippen LogP contribution in [-0.2, 0) is 11.2 Å². The summed E-state index contributed by atoms with van der Waals surface area (Å²) in [4.78, 5) is 33.1. The number of benzene rings is 1. The molecule has 132 valence electrons. The number of hydrogen-bond donors (Lipinski definition) is 2. The van der Waals surface area contributed by atoms with E-state index in [1.165, 1.54) is 6.07 Å². The number of amides is 1. The molecule has 2 aromatic rings. The average molecular weight is 342 g/mol. The minimum atomic E-state index is -0.175. The number of morpholine rings is 1. The Labute approximate surface area is 146 Å². The van der Waals surface area contributed by atoms with Gasteiger partial charge in [0.25, 0.3) is 11.5 Å². The van der Waals surface area contributed by atoms with Crippen molar-refractivity contribution in [2.24, 2.45) is 0 Å². The average Bonchev–Trinajstić information content (AvgIpc) is 2.61. The van der Waals surface area contributed by atoms with E-state index in [9.17, 15) is 9.59 Å². The Morgan fingerprint density at radius 2 is 2.08 bits per heavy atom. The molecule has 1 saturated heterocycles. The zero-order valence-corrected chi connectivity index (χ0v) is 14.2. The lowest BCUT2D eigenvalue weighted by atomic mass is 10.1. The molecule has 3 rings (SSSR count). The number of aryl methyl sites for hydroxylation is 1. The summed E-state index contributed by atoms with van der Waals surface area (Å²) in [6.45, 7) is 5.07. The number of carbonyl (C=O) groups excluding carboxylic acids is 1. The van der Waals surface area contributed by atoms with Crippen LogP contribution in [0, 0.1) is 6.92 Å². The van der Waals surface area contributed by atoms with Gasteiger partial charge in [0.2, 0.25) is 0 Å². The summed E-state index contributed by atoms with van der Waals surface area (Å²) >= 11 is 0. The number of nitrogens with one attached hydrogen (secondary N) is 2. The second-order valence-electron chi connectivity index (χ2n) is 5.96. The summed E-state index contributed by atoms with van der Waals surface area (Å²) in [6, 6.07) is 9.02. The number of aromatic nitrogens is 2. The summed E-state index contributed by atoms with van der Waals surface area (Å²) < 4.78 is 5.38. The van der Waals surface area contributed by atoms with Crippen molar-refractivity contribution >= 4 is 11.6 Å². The number of ether oxygens (including phenoxy) is 1. The van der Waals surface area contributed by atoms with E-state index in [1.807, 2.05) is 24.3 Å². The smallest absolute Gasteiger partial charge is 0.253 e. The van der Waals surface area contributed by atoms with Gasteiger partial charge in [0.05, 0.1) is 18.8 Å². The summed E-state index contributed by atoms with van der Waals surface area (Å²) in [7, 11) is 0. The molecule has 1 fully saturated rings. The molecule has 0 spiro atoms. The molecule has 1 aliphatic rings. The predicted octanol–water partition coefficient (Wildman–Crippen LogP) is 0.887.